The zero-order chi connectivity index (χ0) is 21.4. The van der Waals surface area contributed by atoms with Crippen molar-refractivity contribution in [2.45, 2.75) is 24.8 Å². The number of nitrogens with one attached hydrogen (secondary N) is 2. The molecule has 0 aromatic heterocycles. The summed E-state index contributed by atoms with van der Waals surface area (Å²) in [5.74, 6) is 2.08. The maximum atomic E-state index is 13.3. The number of carbonyl (C=O) groups excluding carboxylic acids is 1. The minimum Gasteiger partial charge on any atom is -0.496 e. The molecule has 0 bridgehead atoms. The molecule has 31 heavy (non-hydrogen) atoms. The van der Waals surface area contributed by atoms with Crippen molar-refractivity contribution in [3.63, 3.8) is 0 Å². The van der Waals surface area contributed by atoms with E-state index in [1.807, 2.05) is 60.7 Å². The molecular weight excluding hydrogens is 392 g/mol. The SMILES string of the molecule is COc1ccc(NC(=O)C2(c3ccc4c(c3)OCO4)CC2)cc1-c1ccccc1C[NH]. The van der Waals surface area contributed by atoms with Gasteiger partial charge in [-0.05, 0) is 59.9 Å². The molecule has 0 atom stereocenters. The maximum absolute atomic E-state index is 13.3. The van der Waals surface area contributed by atoms with E-state index in [4.69, 9.17) is 19.9 Å². The third-order valence-corrected chi connectivity index (χ3v) is 6.07. The van der Waals surface area contributed by atoms with Crippen LogP contribution in [0.15, 0.2) is 60.7 Å². The standard InChI is InChI=1S/C25H23N2O4/c1-29-21-9-7-18(13-20(21)19-5-3-2-4-16(19)14-26)27-24(28)25(10-11-25)17-6-8-22-23(12-17)31-15-30-22/h2-9,12-13,26H,10-11,14-15H2,1H3,(H,27,28). The summed E-state index contributed by atoms with van der Waals surface area (Å²) in [6.07, 6.45) is 1.59. The molecule has 6 heteroatoms. The number of benzene rings is 3. The van der Waals surface area contributed by atoms with E-state index >= 15 is 0 Å². The van der Waals surface area contributed by atoms with Crippen molar-refractivity contribution in [2.75, 3.05) is 19.2 Å². The average Bonchev–Trinajstić information content (AvgIpc) is 3.50. The van der Waals surface area contributed by atoms with E-state index in [1.54, 1.807) is 7.11 Å². The second-order valence-corrected chi connectivity index (χ2v) is 7.85. The number of methoxy groups -OCH3 is 1. The highest BCUT2D eigenvalue weighted by Gasteiger charge is 2.51. The van der Waals surface area contributed by atoms with Gasteiger partial charge in [-0.1, -0.05) is 30.3 Å². The fourth-order valence-electron chi connectivity index (χ4n) is 4.15. The number of hydrogen-bond acceptors (Lipinski definition) is 4. The van der Waals surface area contributed by atoms with Crippen LogP contribution >= 0.6 is 0 Å². The molecule has 5 rings (SSSR count). The highest BCUT2D eigenvalue weighted by atomic mass is 16.7. The van der Waals surface area contributed by atoms with Gasteiger partial charge in [0.15, 0.2) is 11.5 Å². The zero-order valence-electron chi connectivity index (χ0n) is 17.2. The molecule has 3 aromatic carbocycles. The summed E-state index contributed by atoms with van der Waals surface area (Å²) in [6, 6.07) is 19.1. The van der Waals surface area contributed by atoms with Gasteiger partial charge < -0.3 is 19.5 Å². The van der Waals surface area contributed by atoms with Gasteiger partial charge in [0.05, 0.1) is 12.5 Å². The van der Waals surface area contributed by atoms with E-state index < -0.39 is 5.41 Å². The molecule has 1 aliphatic heterocycles. The van der Waals surface area contributed by atoms with Gasteiger partial charge in [-0.3, -0.25) is 10.5 Å². The lowest BCUT2D eigenvalue weighted by Gasteiger charge is -2.18. The van der Waals surface area contributed by atoms with Crippen LogP contribution in [-0.4, -0.2) is 19.8 Å². The van der Waals surface area contributed by atoms with Gasteiger partial charge in [0, 0.05) is 17.8 Å². The maximum Gasteiger partial charge on any atom is 0.235 e. The van der Waals surface area contributed by atoms with Gasteiger partial charge in [-0.15, -0.1) is 0 Å². The van der Waals surface area contributed by atoms with E-state index in [0.717, 1.165) is 35.1 Å². The average molecular weight is 415 g/mol. The van der Waals surface area contributed by atoms with Gasteiger partial charge >= 0.3 is 0 Å². The van der Waals surface area contributed by atoms with E-state index in [2.05, 4.69) is 5.32 Å². The minimum absolute atomic E-state index is 0.0312. The Balaban J connectivity index is 1.44. The second-order valence-electron chi connectivity index (χ2n) is 7.85. The van der Waals surface area contributed by atoms with Crippen molar-refractivity contribution in [1.29, 1.82) is 0 Å². The molecule has 1 fully saturated rings. The quantitative estimate of drug-likeness (QED) is 0.641. The van der Waals surface area contributed by atoms with Crippen molar-refractivity contribution in [2.24, 2.45) is 0 Å². The summed E-state index contributed by atoms with van der Waals surface area (Å²) in [5.41, 5.74) is 11.6. The Morgan fingerprint density at radius 1 is 1.03 bits per heavy atom. The van der Waals surface area contributed by atoms with Gasteiger partial charge in [0.25, 0.3) is 0 Å². The van der Waals surface area contributed by atoms with Crippen molar-refractivity contribution >= 4 is 11.6 Å². The van der Waals surface area contributed by atoms with Gasteiger partial charge in [-0.25, -0.2) is 0 Å². The van der Waals surface area contributed by atoms with Crippen LogP contribution in [0.4, 0.5) is 5.69 Å². The van der Waals surface area contributed by atoms with Crippen molar-refractivity contribution in [1.82, 2.24) is 5.73 Å². The van der Waals surface area contributed by atoms with Crippen LogP contribution in [0.2, 0.25) is 0 Å². The van der Waals surface area contributed by atoms with Crippen LogP contribution < -0.4 is 25.3 Å². The molecule has 3 aromatic rings. The first kappa shape index (κ1) is 19.5. The largest absolute Gasteiger partial charge is 0.496 e. The predicted octanol–water partition coefficient (Wildman–Crippen LogP) is 4.54. The molecule has 1 saturated carbocycles. The zero-order valence-corrected chi connectivity index (χ0v) is 17.2. The Morgan fingerprint density at radius 3 is 2.61 bits per heavy atom. The molecule has 1 heterocycles. The first-order valence-corrected chi connectivity index (χ1v) is 10.3. The third-order valence-electron chi connectivity index (χ3n) is 6.07. The van der Waals surface area contributed by atoms with Crippen LogP contribution in [0, 0.1) is 0 Å². The number of hydrogen-bond donors (Lipinski definition) is 1. The Kier molecular flexibility index (Phi) is 4.79. The van der Waals surface area contributed by atoms with Gasteiger partial charge in [0.1, 0.15) is 5.75 Å². The number of fused-ring (bicyclic) bond motifs is 1. The molecule has 6 nitrogen and oxygen atoms in total. The van der Waals surface area contributed by atoms with Crippen LogP contribution in [-0.2, 0) is 16.8 Å². The van der Waals surface area contributed by atoms with Crippen molar-refractivity contribution < 1.29 is 19.0 Å². The minimum atomic E-state index is -0.542. The summed E-state index contributed by atoms with van der Waals surface area (Å²) in [4.78, 5) is 13.3. The fraction of sp³-hybridized carbons (Fsp3) is 0.240. The topological polar surface area (TPSA) is 80.6 Å². The molecule has 1 aliphatic carbocycles. The molecular formula is C25H23N2O4. The Morgan fingerprint density at radius 2 is 1.84 bits per heavy atom. The van der Waals surface area contributed by atoms with Crippen LogP contribution in [0.5, 0.6) is 17.2 Å². The lowest BCUT2D eigenvalue weighted by Crippen LogP contribution is -2.27. The van der Waals surface area contributed by atoms with Gasteiger partial charge in [-0.2, -0.15) is 0 Å². The monoisotopic (exact) mass is 415 g/mol. The predicted molar refractivity (Wildman–Crippen MR) is 117 cm³/mol. The van der Waals surface area contributed by atoms with Gasteiger partial charge in [0.2, 0.25) is 12.7 Å². The van der Waals surface area contributed by atoms with Crippen LogP contribution in [0.3, 0.4) is 0 Å². The fourth-order valence-corrected chi connectivity index (χ4v) is 4.15. The number of carbonyl (C=O) groups is 1. The Bertz CT molecular complexity index is 1150. The summed E-state index contributed by atoms with van der Waals surface area (Å²) in [7, 11) is 1.62. The highest BCUT2D eigenvalue weighted by molar-refractivity contribution is 6.02. The smallest absolute Gasteiger partial charge is 0.235 e. The molecule has 2 N–H and O–H groups in total. The first-order chi connectivity index (χ1) is 15.1. The lowest BCUT2D eigenvalue weighted by atomic mass is 9.94. The number of amides is 1. The summed E-state index contributed by atoms with van der Waals surface area (Å²) >= 11 is 0. The summed E-state index contributed by atoms with van der Waals surface area (Å²) < 4.78 is 16.4. The van der Waals surface area contributed by atoms with E-state index in [-0.39, 0.29) is 19.2 Å². The van der Waals surface area contributed by atoms with E-state index in [1.165, 1.54) is 0 Å². The Labute approximate surface area is 180 Å². The van der Waals surface area contributed by atoms with E-state index in [9.17, 15) is 4.79 Å². The molecule has 0 saturated heterocycles. The Hall–Kier alpha value is -3.51. The molecule has 0 unspecified atom stereocenters. The summed E-state index contributed by atoms with van der Waals surface area (Å²) in [6.45, 7) is 0.384. The molecule has 1 radical (unpaired) electrons. The normalized spacial score (nSPS) is 15.4. The second kappa shape index (κ2) is 7.63. The summed E-state index contributed by atoms with van der Waals surface area (Å²) in [5, 5.41) is 3.10. The van der Waals surface area contributed by atoms with E-state index in [0.29, 0.717) is 22.9 Å². The molecule has 0 spiro atoms. The molecule has 1 amide bonds. The lowest BCUT2D eigenvalue weighted by molar-refractivity contribution is -0.118. The van der Waals surface area contributed by atoms with Crippen LogP contribution in [0.1, 0.15) is 24.0 Å². The first-order valence-electron chi connectivity index (χ1n) is 10.3. The van der Waals surface area contributed by atoms with Crippen molar-refractivity contribution in [3.8, 4) is 28.4 Å². The van der Waals surface area contributed by atoms with Crippen molar-refractivity contribution in [3.05, 3.63) is 71.8 Å². The number of anilines is 1. The number of rotatable bonds is 6. The van der Waals surface area contributed by atoms with Crippen LogP contribution in [0.25, 0.3) is 11.1 Å². The molecule has 157 valence electrons. The third kappa shape index (κ3) is 3.39. The molecule has 2 aliphatic rings. The highest BCUT2D eigenvalue weighted by Crippen LogP contribution is 2.51. The number of ether oxygens (including phenoxy) is 3.